The van der Waals surface area contributed by atoms with Crippen LogP contribution in [-0.2, 0) is 31.9 Å². The van der Waals surface area contributed by atoms with Gasteiger partial charge in [-0.25, -0.2) is 0 Å². The van der Waals surface area contributed by atoms with Gasteiger partial charge in [-0.15, -0.1) is 26.3 Å². The first kappa shape index (κ1) is 43.4. The second kappa shape index (κ2) is 17.8. The summed E-state index contributed by atoms with van der Waals surface area (Å²) < 4.78 is 102. The third-order valence-corrected chi connectivity index (χ3v) is 8.49. The van der Waals surface area contributed by atoms with Crippen molar-refractivity contribution in [3.63, 3.8) is 0 Å². The third kappa shape index (κ3) is 10.8. The zero-order chi connectivity index (χ0) is 41.1. The number of fused-ring (bicyclic) bond motifs is 2. The van der Waals surface area contributed by atoms with Crippen LogP contribution in [0.3, 0.4) is 0 Å². The number of nitrogens with zero attached hydrogens (tertiary/aromatic N) is 2. The number of carboxylic acids is 1. The number of nitrogens with two attached hydrogens (primary N) is 1. The number of rotatable bonds is 7. The number of carbonyl (C=O) groups is 2. The summed E-state index contributed by atoms with van der Waals surface area (Å²) >= 11 is 0. The molecule has 2 fully saturated rings. The van der Waals surface area contributed by atoms with Crippen LogP contribution in [0.15, 0.2) is 60.7 Å². The van der Waals surface area contributed by atoms with Crippen LogP contribution in [0, 0.1) is 22.7 Å². The van der Waals surface area contributed by atoms with E-state index in [0.717, 1.165) is 5.56 Å². The molecule has 20 heteroatoms. The standard InChI is InChI=1S/C19H13F3N2O4.C16H11F3N2O2.C3H4O3.Na/c20-19(21,22)28-11-3-1-10(2-4-11)13-7-15(24-18(25)16-9-27-16)14(8-23)12-5-6-26-17(12)13;17-16(18,19)23-10-3-1-9(2-4-10)12-7-14(21)13(8-20)11-5-6-22-15(11)12;4-3(5)2-1-6-2;/h1-4,7,16H,5-6,9H2,(H,24,25);1-4,7H,5-6,21H2;2H,1H2,(H,4,5);/q;;;+1/p-1/t16-;;2-;/m0.0./s1. The van der Waals surface area contributed by atoms with Crippen molar-refractivity contribution in [3.8, 4) is 57.4 Å². The Morgan fingerprint density at radius 1 is 0.741 bits per heavy atom. The van der Waals surface area contributed by atoms with Gasteiger partial charge in [-0.05, 0) is 47.5 Å². The van der Waals surface area contributed by atoms with Crippen LogP contribution >= 0.6 is 0 Å². The number of epoxide rings is 2. The first-order valence-electron chi connectivity index (χ1n) is 16.7. The number of amides is 1. The number of ether oxygens (including phenoxy) is 6. The van der Waals surface area contributed by atoms with Crippen LogP contribution < -0.4 is 64.7 Å². The molecule has 4 aliphatic rings. The van der Waals surface area contributed by atoms with Gasteiger partial charge in [0.1, 0.15) is 41.2 Å². The SMILES string of the molecule is N#Cc1c(N)cc(-c2ccc(OC(F)(F)F)cc2)c2c1CCO2.N#Cc1c(NC(=O)[C@@H]2CO2)cc(-c2ccc(OC(F)(F)F)cc2)c2c1CCO2.O=C([O-])[C@@H]1CO1.[Na+]. The number of alkyl halides is 6. The number of hydrogen-bond acceptors (Lipinski definition) is 12. The molecule has 0 radical (unpaired) electrons. The quantitative estimate of drug-likeness (QED) is 0.119. The van der Waals surface area contributed by atoms with Crippen molar-refractivity contribution in [1.29, 1.82) is 10.5 Å². The van der Waals surface area contributed by atoms with Gasteiger partial charge in [0, 0.05) is 35.1 Å². The first-order chi connectivity index (χ1) is 27.0. The van der Waals surface area contributed by atoms with Crippen LogP contribution in [-0.4, -0.2) is 63.2 Å². The zero-order valence-corrected chi connectivity index (χ0v) is 32.1. The van der Waals surface area contributed by atoms with Crippen molar-refractivity contribution in [2.45, 2.75) is 37.8 Å². The predicted octanol–water partition coefficient (Wildman–Crippen LogP) is 2.18. The molecule has 4 aromatic carbocycles. The molecule has 0 aliphatic carbocycles. The van der Waals surface area contributed by atoms with Gasteiger partial charge >= 0.3 is 42.3 Å². The molecule has 4 aromatic rings. The van der Waals surface area contributed by atoms with E-state index < -0.39 is 30.9 Å². The van der Waals surface area contributed by atoms with E-state index in [1.807, 2.05) is 0 Å². The maximum Gasteiger partial charge on any atom is 1.00 e. The van der Waals surface area contributed by atoms with E-state index in [1.54, 1.807) is 12.1 Å². The molecule has 296 valence electrons. The van der Waals surface area contributed by atoms with Gasteiger partial charge in [0.15, 0.2) is 6.10 Å². The van der Waals surface area contributed by atoms with Crippen molar-refractivity contribution in [2.24, 2.45) is 0 Å². The number of halogens is 6. The molecule has 0 saturated carbocycles. The second-order valence-electron chi connectivity index (χ2n) is 12.4. The average molecular weight is 821 g/mol. The van der Waals surface area contributed by atoms with Gasteiger partial charge in [0.05, 0.1) is 54.9 Å². The smallest absolute Gasteiger partial charge is 0.547 e. The molecule has 0 bridgehead atoms. The summed E-state index contributed by atoms with van der Waals surface area (Å²) in [4.78, 5) is 21.6. The van der Waals surface area contributed by atoms with Crippen LogP contribution in [0.5, 0.6) is 23.0 Å². The molecule has 0 aromatic heterocycles. The monoisotopic (exact) mass is 820 g/mol. The van der Waals surface area contributed by atoms with Crippen molar-refractivity contribution in [1.82, 2.24) is 0 Å². The molecule has 0 unspecified atom stereocenters. The molecule has 3 N–H and O–H groups in total. The maximum absolute atomic E-state index is 12.3. The Balaban J connectivity index is 0.000000193. The number of nitrogen functional groups attached to an aromatic ring is 1. The summed E-state index contributed by atoms with van der Waals surface area (Å²) in [5, 5.41) is 30.9. The number of hydrogen-bond donors (Lipinski definition) is 2. The number of nitriles is 2. The van der Waals surface area contributed by atoms with Crippen molar-refractivity contribution in [2.75, 3.05) is 37.5 Å². The Morgan fingerprint density at radius 3 is 1.55 bits per heavy atom. The summed E-state index contributed by atoms with van der Waals surface area (Å²) in [5.74, 6) is -1.06. The summed E-state index contributed by atoms with van der Waals surface area (Å²) in [7, 11) is 0. The Hall–Kier alpha value is -5.70. The van der Waals surface area contributed by atoms with Crippen LogP contribution in [0.4, 0.5) is 37.7 Å². The summed E-state index contributed by atoms with van der Waals surface area (Å²) in [6, 6.07) is 18.1. The van der Waals surface area contributed by atoms with E-state index >= 15 is 0 Å². The largest absolute Gasteiger partial charge is 1.00 e. The molecule has 1 amide bonds. The minimum Gasteiger partial charge on any atom is -0.547 e. The Bertz CT molecular complexity index is 2270. The van der Waals surface area contributed by atoms with Crippen LogP contribution in [0.25, 0.3) is 22.3 Å². The van der Waals surface area contributed by atoms with Crippen molar-refractivity contribution < 1.29 is 99.0 Å². The van der Waals surface area contributed by atoms with E-state index in [-0.39, 0.29) is 47.0 Å². The Labute approximate surface area is 347 Å². The molecule has 13 nitrogen and oxygen atoms in total. The third-order valence-electron chi connectivity index (χ3n) is 8.49. The number of aliphatic carboxylic acids is 1. The number of carboxylic acid groups (broad SMARTS) is 1. The number of nitrogens with one attached hydrogen (secondary N) is 1. The van der Waals surface area contributed by atoms with Gasteiger partial charge in [0.2, 0.25) is 0 Å². The molecule has 2 saturated heterocycles. The minimum atomic E-state index is -4.78. The first-order valence-corrected chi connectivity index (χ1v) is 16.7. The van der Waals surface area contributed by atoms with Crippen molar-refractivity contribution in [3.05, 3.63) is 82.9 Å². The number of anilines is 2. The van der Waals surface area contributed by atoms with E-state index in [9.17, 15) is 51.6 Å². The molecule has 2 atom stereocenters. The number of carbonyl (C=O) groups excluding carboxylic acids is 2. The van der Waals surface area contributed by atoms with E-state index in [4.69, 9.17) is 19.9 Å². The van der Waals surface area contributed by atoms with Crippen molar-refractivity contribution >= 4 is 23.3 Å². The summed E-state index contributed by atoms with van der Waals surface area (Å²) in [6.07, 6.45) is -9.56. The van der Waals surface area contributed by atoms with E-state index in [1.165, 1.54) is 48.5 Å². The van der Waals surface area contributed by atoms with Gasteiger partial charge in [-0.2, -0.15) is 10.5 Å². The zero-order valence-electron chi connectivity index (χ0n) is 30.1. The van der Waals surface area contributed by atoms with Gasteiger partial charge in [-0.1, -0.05) is 24.3 Å². The fourth-order valence-electron chi connectivity index (χ4n) is 5.84. The molecule has 0 spiro atoms. The topological polar surface area (TPSA) is 205 Å². The maximum atomic E-state index is 12.3. The van der Waals surface area contributed by atoms with Gasteiger partial charge in [-0.3, -0.25) is 4.79 Å². The average Bonchev–Trinajstić information content (AvgIpc) is 4.08. The molecule has 4 heterocycles. The van der Waals surface area contributed by atoms with Crippen LogP contribution in [0.2, 0.25) is 0 Å². The van der Waals surface area contributed by atoms with E-state index in [2.05, 4.69) is 31.7 Å². The Morgan fingerprint density at radius 2 is 1.17 bits per heavy atom. The normalized spacial score (nSPS) is 16.6. The molecule has 4 aliphatic heterocycles. The minimum absolute atomic E-state index is 0. The Kier molecular flexibility index (Phi) is 13.4. The molecule has 8 rings (SSSR count). The fraction of sp³-hybridized carbons (Fsp3) is 0.263. The molecular weight excluding hydrogens is 793 g/mol. The summed E-state index contributed by atoms with van der Waals surface area (Å²) in [5.41, 5.74) is 11.0. The second-order valence-corrected chi connectivity index (χ2v) is 12.4. The van der Waals surface area contributed by atoms with Gasteiger partial charge < -0.3 is 49.4 Å². The molecular formula is C38H27F6N4NaO9. The number of benzene rings is 4. The summed E-state index contributed by atoms with van der Waals surface area (Å²) in [6.45, 7) is 1.47. The van der Waals surface area contributed by atoms with Crippen LogP contribution in [0.1, 0.15) is 22.3 Å². The van der Waals surface area contributed by atoms with Gasteiger partial charge in [0.25, 0.3) is 5.91 Å². The predicted molar refractivity (Wildman–Crippen MR) is 182 cm³/mol. The molecule has 58 heavy (non-hydrogen) atoms. The fourth-order valence-corrected chi connectivity index (χ4v) is 5.84. The van der Waals surface area contributed by atoms with E-state index in [0.29, 0.717) is 101 Å².